The van der Waals surface area contributed by atoms with E-state index in [1.54, 1.807) is 0 Å². The molecule has 0 unspecified atom stereocenters. The Morgan fingerprint density at radius 3 is 1.40 bits per heavy atom. The van der Waals surface area contributed by atoms with Crippen LogP contribution in [0.4, 0.5) is 0 Å². The third-order valence-electron chi connectivity index (χ3n) is 3.85. The van der Waals surface area contributed by atoms with E-state index in [2.05, 4.69) is 20.8 Å². The average Bonchev–Trinajstić information content (AvgIpc) is 2.37. The van der Waals surface area contributed by atoms with E-state index in [-0.39, 0.29) is 5.16 Å². The zero-order valence-corrected chi connectivity index (χ0v) is 13.9. The van der Waals surface area contributed by atoms with Crippen molar-refractivity contribution in [3.63, 3.8) is 0 Å². The molecule has 0 aliphatic heterocycles. The number of hydrogen-bond donors (Lipinski definition) is 0. The van der Waals surface area contributed by atoms with Crippen LogP contribution >= 0.6 is 7.14 Å². The third-order valence-corrected chi connectivity index (χ3v) is 8.10. The number of hydrogen-bond acceptors (Lipinski definition) is 1. The van der Waals surface area contributed by atoms with Crippen molar-refractivity contribution in [1.82, 2.24) is 0 Å². The summed E-state index contributed by atoms with van der Waals surface area (Å²) >= 11 is 0. The lowest BCUT2D eigenvalue weighted by atomic mass is 10.2. The van der Waals surface area contributed by atoms with E-state index in [1.165, 1.54) is 0 Å². The standard InChI is InChI=1S/C18H23OP/c1-14-10-6-8-12-16(14)20(19,18(3,4)5)17-13-9-7-11-15(17)2/h6-13H,1-5H3. The highest BCUT2D eigenvalue weighted by atomic mass is 31.2. The van der Waals surface area contributed by atoms with E-state index in [0.717, 1.165) is 21.7 Å². The molecular formula is C18H23OP. The van der Waals surface area contributed by atoms with Crippen molar-refractivity contribution in [2.24, 2.45) is 0 Å². The van der Waals surface area contributed by atoms with E-state index in [9.17, 15) is 4.57 Å². The predicted molar refractivity (Wildman–Crippen MR) is 89.0 cm³/mol. The molecule has 2 aromatic carbocycles. The Hall–Kier alpha value is -1.33. The van der Waals surface area contributed by atoms with Crippen LogP contribution in [-0.2, 0) is 4.57 Å². The number of benzene rings is 2. The summed E-state index contributed by atoms with van der Waals surface area (Å²) in [5.41, 5.74) is 2.21. The normalized spacial score (nSPS) is 12.4. The van der Waals surface area contributed by atoms with E-state index >= 15 is 0 Å². The summed E-state index contributed by atoms with van der Waals surface area (Å²) in [4.78, 5) is 0. The largest absolute Gasteiger partial charge is 0.313 e. The molecule has 0 bridgehead atoms. The molecule has 0 aliphatic carbocycles. The zero-order chi connectivity index (χ0) is 15.0. The summed E-state index contributed by atoms with van der Waals surface area (Å²) in [5.74, 6) is 0. The Morgan fingerprint density at radius 1 is 0.750 bits per heavy atom. The fourth-order valence-electron chi connectivity index (χ4n) is 2.69. The van der Waals surface area contributed by atoms with Gasteiger partial charge in [0, 0.05) is 15.8 Å². The fraction of sp³-hybridized carbons (Fsp3) is 0.333. The predicted octanol–water partition coefficient (Wildman–Crippen LogP) is 4.42. The third kappa shape index (κ3) is 2.36. The molecule has 0 aliphatic rings. The SMILES string of the molecule is Cc1ccccc1P(=O)(c1ccccc1C)C(C)(C)C. The summed E-state index contributed by atoms with van der Waals surface area (Å²) in [6, 6.07) is 16.1. The first-order chi connectivity index (χ1) is 9.28. The quantitative estimate of drug-likeness (QED) is 0.747. The second-order valence-electron chi connectivity index (χ2n) is 6.35. The summed E-state index contributed by atoms with van der Waals surface area (Å²) in [7, 11) is -2.68. The second kappa shape index (κ2) is 5.22. The van der Waals surface area contributed by atoms with Crippen LogP contribution in [0, 0.1) is 13.8 Å². The van der Waals surface area contributed by atoms with Gasteiger partial charge in [0.1, 0.15) is 7.14 Å². The molecule has 0 aromatic heterocycles. The van der Waals surface area contributed by atoms with Crippen LogP contribution in [0.15, 0.2) is 48.5 Å². The Bertz CT molecular complexity index is 616. The highest BCUT2D eigenvalue weighted by Crippen LogP contribution is 2.56. The van der Waals surface area contributed by atoms with Gasteiger partial charge in [-0.05, 0) is 25.0 Å². The Morgan fingerprint density at radius 2 is 1.10 bits per heavy atom. The van der Waals surface area contributed by atoms with Crippen LogP contribution in [0.2, 0.25) is 0 Å². The summed E-state index contributed by atoms with van der Waals surface area (Å²) in [6.45, 7) is 10.3. The fourth-order valence-corrected chi connectivity index (χ4v) is 6.13. The van der Waals surface area contributed by atoms with Crippen molar-refractivity contribution in [2.75, 3.05) is 0 Å². The van der Waals surface area contributed by atoms with Crippen molar-refractivity contribution in [3.05, 3.63) is 59.7 Å². The van der Waals surface area contributed by atoms with Crippen LogP contribution in [0.3, 0.4) is 0 Å². The number of rotatable bonds is 2. The smallest absolute Gasteiger partial charge is 0.148 e. The minimum Gasteiger partial charge on any atom is -0.313 e. The Labute approximate surface area is 122 Å². The van der Waals surface area contributed by atoms with E-state index in [4.69, 9.17) is 0 Å². The summed E-state index contributed by atoms with van der Waals surface area (Å²) in [6.07, 6.45) is 0. The molecule has 0 saturated carbocycles. The summed E-state index contributed by atoms with van der Waals surface area (Å²) in [5, 5.41) is 1.68. The minimum absolute atomic E-state index is 0.300. The molecule has 106 valence electrons. The van der Waals surface area contributed by atoms with Crippen LogP contribution in [0.25, 0.3) is 0 Å². The van der Waals surface area contributed by atoms with Crippen molar-refractivity contribution in [1.29, 1.82) is 0 Å². The highest BCUT2D eigenvalue weighted by Gasteiger charge is 2.41. The van der Waals surface area contributed by atoms with Gasteiger partial charge in [0.05, 0.1) is 0 Å². The van der Waals surface area contributed by atoms with E-state index in [0.29, 0.717) is 0 Å². The number of aryl methyl sites for hydroxylation is 2. The van der Waals surface area contributed by atoms with Crippen molar-refractivity contribution >= 4 is 17.8 Å². The molecule has 0 atom stereocenters. The zero-order valence-electron chi connectivity index (χ0n) is 13.0. The Balaban J connectivity index is 2.82. The molecule has 2 aromatic rings. The van der Waals surface area contributed by atoms with Crippen molar-refractivity contribution in [3.8, 4) is 0 Å². The lowest BCUT2D eigenvalue weighted by molar-refractivity contribution is 0.563. The molecule has 0 amide bonds. The lowest BCUT2D eigenvalue weighted by Crippen LogP contribution is -2.32. The van der Waals surface area contributed by atoms with Crippen LogP contribution in [0.1, 0.15) is 31.9 Å². The topological polar surface area (TPSA) is 17.1 Å². The molecule has 0 fully saturated rings. The molecule has 0 N–H and O–H groups in total. The lowest BCUT2D eigenvalue weighted by Gasteiger charge is -2.34. The van der Waals surface area contributed by atoms with Gasteiger partial charge in [0.25, 0.3) is 0 Å². The van der Waals surface area contributed by atoms with E-state index in [1.807, 2.05) is 62.4 Å². The second-order valence-corrected chi connectivity index (χ2v) is 9.88. The minimum atomic E-state index is -2.68. The van der Waals surface area contributed by atoms with Gasteiger partial charge < -0.3 is 4.57 Å². The first-order valence-corrected chi connectivity index (χ1v) is 8.71. The van der Waals surface area contributed by atoms with Gasteiger partial charge in [-0.1, -0.05) is 69.3 Å². The molecule has 0 saturated heterocycles. The van der Waals surface area contributed by atoms with Gasteiger partial charge >= 0.3 is 0 Å². The van der Waals surface area contributed by atoms with Gasteiger partial charge in [-0.15, -0.1) is 0 Å². The molecule has 0 radical (unpaired) electrons. The van der Waals surface area contributed by atoms with Gasteiger partial charge in [-0.25, -0.2) is 0 Å². The van der Waals surface area contributed by atoms with Crippen LogP contribution in [-0.4, -0.2) is 5.16 Å². The first-order valence-electron chi connectivity index (χ1n) is 7.01. The molecule has 2 rings (SSSR count). The van der Waals surface area contributed by atoms with Gasteiger partial charge in [-0.3, -0.25) is 0 Å². The van der Waals surface area contributed by atoms with Gasteiger partial charge in [-0.2, -0.15) is 0 Å². The maximum absolute atomic E-state index is 14.1. The maximum Gasteiger partial charge on any atom is 0.148 e. The molecule has 0 heterocycles. The van der Waals surface area contributed by atoms with Crippen LogP contribution < -0.4 is 10.6 Å². The average molecular weight is 286 g/mol. The molecule has 20 heavy (non-hydrogen) atoms. The van der Waals surface area contributed by atoms with Crippen molar-refractivity contribution in [2.45, 2.75) is 39.8 Å². The van der Waals surface area contributed by atoms with Crippen molar-refractivity contribution < 1.29 is 4.57 Å². The molecule has 1 nitrogen and oxygen atoms in total. The Kier molecular flexibility index (Phi) is 3.93. The molecular weight excluding hydrogens is 263 g/mol. The van der Waals surface area contributed by atoms with Crippen LogP contribution in [0.5, 0.6) is 0 Å². The first kappa shape index (κ1) is 15.1. The highest BCUT2D eigenvalue weighted by molar-refractivity contribution is 7.80. The molecule has 0 spiro atoms. The maximum atomic E-state index is 14.1. The van der Waals surface area contributed by atoms with Gasteiger partial charge in [0.15, 0.2) is 0 Å². The monoisotopic (exact) mass is 286 g/mol. The van der Waals surface area contributed by atoms with Gasteiger partial charge in [0.2, 0.25) is 0 Å². The summed E-state index contributed by atoms with van der Waals surface area (Å²) < 4.78 is 14.1. The molecule has 2 heteroatoms. The van der Waals surface area contributed by atoms with E-state index < -0.39 is 7.14 Å².